The first-order valence-electron chi connectivity index (χ1n) is 9.96. The standard InChI is InChI=1S/C22H24FN7/c1-2-24-22(25-11-10-16-13-26-20-9-8-17(23)12-19(16)20)27-14-21-29-28-15-30(21)18-6-4-3-5-7-18/h3-9,12-13,15,26H,2,10-11,14H2,1H3,(H2,24,25,27). The van der Waals surface area contributed by atoms with Crippen molar-refractivity contribution >= 4 is 16.9 Å². The van der Waals surface area contributed by atoms with E-state index in [9.17, 15) is 4.39 Å². The molecular formula is C22H24FN7. The molecule has 0 atom stereocenters. The summed E-state index contributed by atoms with van der Waals surface area (Å²) in [6.45, 7) is 3.82. The zero-order chi connectivity index (χ0) is 20.8. The van der Waals surface area contributed by atoms with Crippen LogP contribution in [0, 0.1) is 5.82 Å². The number of halogens is 1. The predicted octanol–water partition coefficient (Wildman–Crippen LogP) is 3.19. The number of fused-ring (bicyclic) bond motifs is 1. The van der Waals surface area contributed by atoms with Crippen molar-refractivity contribution in [1.82, 2.24) is 30.4 Å². The number of rotatable bonds is 7. The highest BCUT2D eigenvalue weighted by atomic mass is 19.1. The Hall–Kier alpha value is -3.68. The summed E-state index contributed by atoms with van der Waals surface area (Å²) in [7, 11) is 0. The minimum atomic E-state index is -0.228. The van der Waals surface area contributed by atoms with Crippen LogP contribution >= 0.6 is 0 Å². The summed E-state index contributed by atoms with van der Waals surface area (Å²) in [4.78, 5) is 7.83. The molecule has 4 rings (SSSR count). The minimum Gasteiger partial charge on any atom is -0.361 e. The van der Waals surface area contributed by atoms with Gasteiger partial charge >= 0.3 is 0 Å². The van der Waals surface area contributed by atoms with E-state index >= 15 is 0 Å². The molecular weight excluding hydrogens is 381 g/mol. The lowest BCUT2D eigenvalue weighted by Gasteiger charge is -2.11. The number of aromatic amines is 1. The van der Waals surface area contributed by atoms with Crippen LogP contribution in [0.3, 0.4) is 0 Å². The van der Waals surface area contributed by atoms with Crippen molar-refractivity contribution in [3.63, 3.8) is 0 Å². The average Bonchev–Trinajstić information content (AvgIpc) is 3.39. The monoisotopic (exact) mass is 405 g/mol. The van der Waals surface area contributed by atoms with Crippen molar-refractivity contribution in [1.29, 1.82) is 0 Å². The third-order valence-corrected chi connectivity index (χ3v) is 4.79. The molecule has 4 aromatic rings. The van der Waals surface area contributed by atoms with E-state index in [1.54, 1.807) is 18.5 Å². The second-order valence-electron chi connectivity index (χ2n) is 6.83. The van der Waals surface area contributed by atoms with Crippen LogP contribution in [0.15, 0.2) is 66.0 Å². The number of nitrogens with one attached hydrogen (secondary N) is 3. The normalized spacial score (nSPS) is 11.7. The van der Waals surface area contributed by atoms with Gasteiger partial charge in [-0.25, -0.2) is 9.38 Å². The molecule has 30 heavy (non-hydrogen) atoms. The maximum Gasteiger partial charge on any atom is 0.191 e. The van der Waals surface area contributed by atoms with Crippen LogP contribution < -0.4 is 10.6 Å². The van der Waals surface area contributed by atoms with Crippen LogP contribution in [-0.4, -0.2) is 38.8 Å². The highest BCUT2D eigenvalue weighted by Crippen LogP contribution is 2.19. The van der Waals surface area contributed by atoms with E-state index in [0.29, 0.717) is 19.0 Å². The fourth-order valence-corrected chi connectivity index (χ4v) is 3.34. The Bertz CT molecular complexity index is 1130. The van der Waals surface area contributed by atoms with E-state index in [4.69, 9.17) is 0 Å². The van der Waals surface area contributed by atoms with Crippen molar-refractivity contribution in [3.8, 4) is 5.69 Å². The SMILES string of the molecule is CCNC(=NCc1nncn1-c1ccccc1)NCCc1c[nH]c2ccc(F)cc12. The summed E-state index contributed by atoms with van der Waals surface area (Å²) >= 11 is 0. The molecule has 0 saturated carbocycles. The van der Waals surface area contributed by atoms with E-state index in [1.807, 2.05) is 48.0 Å². The number of hydrogen-bond acceptors (Lipinski definition) is 3. The number of guanidine groups is 1. The zero-order valence-corrected chi connectivity index (χ0v) is 16.8. The molecule has 2 heterocycles. The van der Waals surface area contributed by atoms with Gasteiger partial charge in [0, 0.05) is 35.9 Å². The van der Waals surface area contributed by atoms with Crippen LogP contribution in [0.4, 0.5) is 4.39 Å². The molecule has 0 aliphatic heterocycles. The van der Waals surface area contributed by atoms with Gasteiger partial charge in [-0.2, -0.15) is 0 Å². The molecule has 0 aliphatic carbocycles. The van der Waals surface area contributed by atoms with Gasteiger partial charge in [0.05, 0.1) is 0 Å². The highest BCUT2D eigenvalue weighted by Gasteiger charge is 2.08. The van der Waals surface area contributed by atoms with Gasteiger partial charge in [0.15, 0.2) is 11.8 Å². The van der Waals surface area contributed by atoms with E-state index in [0.717, 1.165) is 40.9 Å². The molecule has 154 valence electrons. The number of para-hydroxylation sites is 1. The van der Waals surface area contributed by atoms with E-state index in [2.05, 4.69) is 30.8 Å². The molecule has 0 spiro atoms. The van der Waals surface area contributed by atoms with E-state index in [-0.39, 0.29) is 5.82 Å². The summed E-state index contributed by atoms with van der Waals surface area (Å²) < 4.78 is 15.5. The molecule has 2 aromatic carbocycles. The second-order valence-corrected chi connectivity index (χ2v) is 6.83. The second kappa shape index (κ2) is 9.21. The maximum absolute atomic E-state index is 13.6. The Morgan fingerprint density at radius 1 is 1.17 bits per heavy atom. The van der Waals surface area contributed by atoms with Gasteiger partial charge in [-0.3, -0.25) is 4.57 Å². The largest absolute Gasteiger partial charge is 0.361 e. The first-order chi connectivity index (χ1) is 14.7. The van der Waals surface area contributed by atoms with Gasteiger partial charge in [0.25, 0.3) is 0 Å². The van der Waals surface area contributed by atoms with Crippen LogP contribution in [0.25, 0.3) is 16.6 Å². The number of nitrogens with zero attached hydrogens (tertiary/aromatic N) is 4. The fraction of sp³-hybridized carbons (Fsp3) is 0.227. The van der Waals surface area contributed by atoms with Gasteiger partial charge in [-0.15, -0.1) is 10.2 Å². The molecule has 8 heteroatoms. The Morgan fingerprint density at radius 2 is 2.03 bits per heavy atom. The third-order valence-electron chi connectivity index (χ3n) is 4.79. The van der Waals surface area contributed by atoms with Crippen molar-refractivity contribution < 1.29 is 4.39 Å². The number of hydrogen-bond donors (Lipinski definition) is 3. The number of H-pyrrole nitrogens is 1. The summed E-state index contributed by atoms with van der Waals surface area (Å²) in [5.74, 6) is 1.23. The topological polar surface area (TPSA) is 82.9 Å². The smallest absolute Gasteiger partial charge is 0.191 e. The first-order valence-corrected chi connectivity index (χ1v) is 9.96. The maximum atomic E-state index is 13.6. The summed E-state index contributed by atoms with van der Waals surface area (Å²) in [6.07, 6.45) is 4.36. The summed E-state index contributed by atoms with van der Waals surface area (Å²) in [6, 6.07) is 14.7. The highest BCUT2D eigenvalue weighted by molar-refractivity contribution is 5.83. The Labute approximate surface area is 174 Å². The van der Waals surface area contributed by atoms with Crippen LogP contribution in [0.1, 0.15) is 18.3 Å². The van der Waals surface area contributed by atoms with Gasteiger partial charge in [0.1, 0.15) is 18.7 Å². The van der Waals surface area contributed by atoms with Crippen molar-refractivity contribution in [2.24, 2.45) is 4.99 Å². The third kappa shape index (κ3) is 4.48. The van der Waals surface area contributed by atoms with Crippen molar-refractivity contribution in [2.45, 2.75) is 19.9 Å². The molecule has 0 bridgehead atoms. The molecule has 3 N–H and O–H groups in total. The minimum absolute atomic E-state index is 0.228. The molecule has 2 aromatic heterocycles. The lowest BCUT2D eigenvalue weighted by Crippen LogP contribution is -2.38. The van der Waals surface area contributed by atoms with Crippen LogP contribution in [0.5, 0.6) is 0 Å². The van der Waals surface area contributed by atoms with Gasteiger partial charge < -0.3 is 15.6 Å². The average molecular weight is 405 g/mol. The van der Waals surface area contributed by atoms with Crippen LogP contribution in [-0.2, 0) is 13.0 Å². The molecule has 0 unspecified atom stereocenters. The molecule has 0 fully saturated rings. The molecule has 0 radical (unpaired) electrons. The van der Waals surface area contributed by atoms with Gasteiger partial charge in [-0.05, 0) is 49.2 Å². The van der Waals surface area contributed by atoms with Gasteiger partial charge in [0.2, 0.25) is 0 Å². The quantitative estimate of drug-likeness (QED) is 0.326. The molecule has 0 amide bonds. The summed E-state index contributed by atoms with van der Waals surface area (Å²) in [5.41, 5.74) is 3.00. The Morgan fingerprint density at radius 3 is 2.87 bits per heavy atom. The zero-order valence-electron chi connectivity index (χ0n) is 16.8. The number of aliphatic imine (C=N–C) groups is 1. The Kier molecular flexibility index (Phi) is 6.03. The van der Waals surface area contributed by atoms with Crippen LogP contribution in [0.2, 0.25) is 0 Å². The molecule has 0 saturated heterocycles. The molecule has 0 aliphatic rings. The first kappa shape index (κ1) is 19.6. The van der Waals surface area contributed by atoms with E-state index < -0.39 is 0 Å². The number of benzene rings is 2. The predicted molar refractivity (Wildman–Crippen MR) is 116 cm³/mol. The lowest BCUT2D eigenvalue weighted by molar-refractivity contribution is 0.629. The van der Waals surface area contributed by atoms with Crippen molar-refractivity contribution in [2.75, 3.05) is 13.1 Å². The van der Waals surface area contributed by atoms with Crippen molar-refractivity contribution in [3.05, 3.63) is 78.3 Å². The lowest BCUT2D eigenvalue weighted by atomic mass is 10.1. The fourth-order valence-electron chi connectivity index (χ4n) is 3.34. The Balaban J connectivity index is 1.41. The van der Waals surface area contributed by atoms with E-state index in [1.165, 1.54) is 6.07 Å². The van der Waals surface area contributed by atoms with Gasteiger partial charge in [-0.1, -0.05) is 18.2 Å². The summed E-state index contributed by atoms with van der Waals surface area (Å²) in [5, 5.41) is 15.7. The number of aromatic nitrogens is 4. The molecule has 7 nitrogen and oxygen atoms in total.